The molecule has 0 spiro atoms. The zero-order valence-corrected chi connectivity index (χ0v) is 16.9. The lowest BCUT2D eigenvalue weighted by atomic mass is 10.1. The Morgan fingerprint density at radius 1 is 1.21 bits per heavy atom. The topological polar surface area (TPSA) is 77.3 Å². The second kappa shape index (κ2) is 7.62. The highest BCUT2D eigenvalue weighted by Crippen LogP contribution is 2.32. The monoisotopic (exact) mass is 400 g/mol. The SMILES string of the molecule is COCCn1c(C2CCN(S(=O)(=O)c3ccc(C)cc3)C2)nc2cccnc21. The van der Waals surface area contributed by atoms with Gasteiger partial charge in [0, 0.05) is 38.9 Å². The highest BCUT2D eigenvalue weighted by Gasteiger charge is 2.35. The van der Waals surface area contributed by atoms with Crippen LogP contribution in [-0.2, 0) is 21.3 Å². The van der Waals surface area contributed by atoms with Gasteiger partial charge in [0.25, 0.3) is 0 Å². The summed E-state index contributed by atoms with van der Waals surface area (Å²) >= 11 is 0. The molecule has 0 aliphatic carbocycles. The van der Waals surface area contributed by atoms with E-state index in [2.05, 4.69) is 9.55 Å². The summed E-state index contributed by atoms with van der Waals surface area (Å²) in [7, 11) is -1.84. The number of hydrogen-bond acceptors (Lipinski definition) is 5. The zero-order chi connectivity index (χ0) is 19.7. The first-order valence-electron chi connectivity index (χ1n) is 9.37. The molecule has 1 saturated heterocycles. The van der Waals surface area contributed by atoms with Crippen LogP contribution >= 0.6 is 0 Å². The molecule has 3 heterocycles. The molecule has 28 heavy (non-hydrogen) atoms. The molecule has 3 aromatic rings. The molecule has 148 valence electrons. The standard InChI is InChI=1S/C20H24N4O3S/c1-15-5-7-17(8-6-15)28(25,26)23-11-9-16(14-23)19-22-18-4-3-10-21-20(18)24(19)12-13-27-2/h3-8,10,16H,9,11-14H2,1-2H3. The van der Waals surface area contributed by atoms with Gasteiger partial charge in [0.1, 0.15) is 11.3 Å². The van der Waals surface area contributed by atoms with Gasteiger partial charge in [-0.3, -0.25) is 0 Å². The maximum atomic E-state index is 13.0. The third-order valence-corrected chi connectivity index (χ3v) is 7.11. The maximum Gasteiger partial charge on any atom is 0.243 e. The molecule has 2 aromatic heterocycles. The minimum Gasteiger partial charge on any atom is -0.383 e. The number of imidazole rings is 1. The summed E-state index contributed by atoms with van der Waals surface area (Å²) in [5.41, 5.74) is 2.68. The van der Waals surface area contributed by atoms with Gasteiger partial charge < -0.3 is 9.30 Å². The second-order valence-electron chi connectivity index (χ2n) is 7.12. The fraction of sp³-hybridized carbons (Fsp3) is 0.400. The number of fused-ring (bicyclic) bond motifs is 1. The molecular weight excluding hydrogens is 376 g/mol. The average Bonchev–Trinajstić information content (AvgIpc) is 3.32. The van der Waals surface area contributed by atoms with Crippen molar-refractivity contribution in [1.82, 2.24) is 18.8 Å². The summed E-state index contributed by atoms with van der Waals surface area (Å²) in [5, 5.41) is 0. The summed E-state index contributed by atoms with van der Waals surface area (Å²) < 4.78 is 34.9. The molecule has 1 fully saturated rings. The molecule has 1 unspecified atom stereocenters. The summed E-state index contributed by atoms with van der Waals surface area (Å²) in [4.78, 5) is 9.58. The van der Waals surface area contributed by atoms with E-state index in [4.69, 9.17) is 9.72 Å². The normalized spacial score (nSPS) is 18.1. The number of rotatable bonds is 6. The van der Waals surface area contributed by atoms with Crippen LogP contribution in [0.25, 0.3) is 11.2 Å². The molecule has 0 radical (unpaired) electrons. The largest absolute Gasteiger partial charge is 0.383 e. The van der Waals surface area contributed by atoms with E-state index in [0.717, 1.165) is 29.0 Å². The average molecular weight is 401 g/mol. The van der Waals surface area contributed by atoms with Gasteiger partial charge in [-0.1, -0.05) is 17.7 Å². The van der Waals surface area contributed by atoms with Gasteiger partial charge in [0.05, 0.1) is 11.5 Å². The molecule has 0 bridgehead atoms. The van der Waals surface area contributed by atoms with E-state index in [9.17, 15) is 8.42 Å². The van der Waals surface area contributed by atoms with Crippen molar-refractivity contribution in [3.63, 3.8) is 0 Å². The Hall–Kier alpha value is -2.29. The van der Waals surface area contributed by atoms with Gasteiger partial charge in [-0.25, -0.2) is 18.4 Å². The Kier molecular flexibility index (Phi) is 5.18. The van der Waals surface area contributed by atoms with Crippen molar-refractivity contribution in [2.75, 3.05) is 26.8 Å². The highest BCUT2D eigenvalue weighted by molar-refractivity contribution is 7.89. The van der Waals surface area contributed by atoms with E-state index < -0.39 is 10.0 Å². The molecule has 8 heteroatoms. The van der Waals surface area contributed by atoms with E-state index in [0.29, 0.717) is 31.1 Å². The van der Waals surface area contributed by atoms with E-state index >= 15 is 0 Å². The molecule has 1 aliphatic rings. The third-order valence-electron chi connectivity index (χ3n) is 5.23. The van der Waals surface area contributed by atoms with Gasteiger partial charge in [-0.2, -0.15) is 4.31 Å². The summed E-state index contributed by atoms with van der Waals surface area (Å²) in [6.45, 7) is 4.04. The second-order valence-corrected chi connectivity index (χ2v) is 9.06. The first-order chi connectivity index (χ1) is 13.5. The number of benzene rings is 1. The highest BCUT2D eigenvalue weighted by atomic mass is 32.2. The smallest absolute Gasteiger partial charge is 0.243 e. The first kappa shape index (κ1) is 19.0. The van der Waals surface area contributed by atoms with Gasteiger partial charge in [-0.05, 0) is 37.6 Å². The Labute approximate surface area is 165 Å². The van der Waals surface area contributed by atoms with Crippen molar-refractivity contribution < 1.29 is 13.2 Å². The van der Waals surface area contributed by atoms with Crippen LogP contribution in [0.15, 0.2) is 47.5 Å². The Balaban J connectivity index is 1.63. The van der Waals surface area contributed by atoms with Crippen molar-refractivity contribution >= 4 is 21.2 Å². The van der Waals surface area contributed by atoms with E-state index in [-0.39, 0.29) is 5.92 Å². The van der Waals surface area contributed by atoms with Gasteiger partial charge in [-0.15, -0.1) is 0 Å². The van der Waals surface area contributed by atoms with Crippen molar-refractivity contribution in [3.05, 3.63) is 54.0 Å². The Morgan fingerprint density at radius 3 is 2.75 bits per heavy atom. The van der Waals surface area contributed by atoms with E-state index in [1.54, 1.807) is 29.7 Å². The van der Waals surface area contributed by atoms with Crippen LogP contribution in [-0.4, -0.2) is 54.1 Å². The molecule has 1 atom stereocenters. The summed E-state index contributed by atoms with van der Waals surface area (Å²) in [6, 6.07) is 10.8. The number of aryl methyl sites for hydroxylation is 1. The number of nitrogens with zero attached hydrogens (tertiary/aromatic N) is 4. The van der Waals surface area contributed by atoms with E-state index in [1.807, 2.05) is 31.2 Å². The third kappa shape index (κ3) is 3.43. The minimum atomic E-state index is -3.50. The molecular formula is C20H24N4O3S. The van der Waals surface area contributed by atoms with Crippen LogP contribution < -0.4 is 0 Å². The van der Waals surface area contributed by atoms with Crippen LogP contribution in [0.1, 0.15) is 23.7 Å². The predicted molar refractivity (Wildman–Crippen MR) is 107 cm³/mol. The van der Waals surface area contributed by atoms with Crippen LogP contribution in [0.4, 0.5) is 0 Å². The Morgan fingerprint density at radius 2 is 2.00 bits per heavy atom. The molecule has 0 amide bonds. The molecule has 4 rings (SSSR count). The summed E-state index contributed by atoms with van der Waals surface area (Å²) in [6.07, 6.45) is 2.49. The number of ether oxygens (including phenoxy) is 1. The molecule has 0 N–H and O–H groups in total. The zero-order valence-electron chi connectivity index (χ0n) is 16.1. The summed E-state index contributed by atoms with van der Waals surface area (Å²) in [5.74, 6) is 0.915. The van der Waals surface area contributed by atoms with Crippen LogP contribution in [0.3, 0.4) is 0 Å². The first-order valence-corrected chi connectivity index (χ1v) is 10.8. The molecule has 7 nitrogen and oxygen atoms in total. The van der Waals surface area contributed by atoms with Gasteiger partial charge in [0.15, 0.2) is 5.65 Å². The molecule has 1 aliphatic heterocycles. The lowest BCUT2D eigenvalue weighted by Gasteiger charge is -2.17. The van der Waals surface area contributed by atoms with Crippen LogP contribution in [0.5, 0.6) is 0 Å². The maximum absolute atomic E-state index is 13.0. The lowest BCUT2D eigenvalue weighted by Crippen LogP contribution is -2.29. The molecule has 0 saturated carbocycles. The fourth-order valence-corrected chi connectivity index (χ4v) is 5.21. The predicted octanol–water partition coefficient (Wildman–Crippen LogP) is 2.56. The number of aromatic nitrogens is 3. The minimum absolute atomic E-state index is 0.0336. The quantitative estimate of drug-likeness (QED) is 0.636. The van der Waals surface area contributed by atoms with Crippen LogP contribution in [0, 0.1) is 6.92 Å². The molecule has 1 aromatic carbocycles. The van der Waals surface area contributed by atoms with Gasteiger partial charge >= 0.3 is 0 Å². The van der Waals surface area contributed by atoms with Crippen LogP contribution in [0.2, 0.25) is 0 Å². The van der Waals surface area contributed by atoms with Crippen molar-refractivity contribution in [1.29, 1.82) is 0 Å². The fourth-order valence-electron chi connectivity index (χ4n) is 3.71. The lowest BCUT2D eigenvalue weighted by molar-refractivity contribution is 0.187. The number of hydrogen-bond donors (Lipinski definition) is 0. The van der Waals surface area contributed by atoms with Crippen molar-refractivity contribution in [2.24, 2.45) is 0 Å². The number of sulfonamides is 1. The number of pyridine rings is 1. The Bertz CT molecular complexity index is 1080. The van der Waals surface area contributed by atoms with Gasteiger partial charge in [0.2, 0.25) is 10.0 Å². The van der Waals surface area contributed by atoms with E-state index in [1.165, 1.54) is 0 Å². The number of methoxy groups -OCH3 is 1. The van der Waals surface area contributed by atoms with Crippen molar-refractivity contribution in [3.8, 4) is 0 Å². The van der Waals surface area contributed by atoms with Crippen molar-refractivity contribution in [2.45, 2.75) is 30.7 Å².